The van der Waals surface area contributed by atoms with Crippen molar-refractivity contribution in [2.75, 3.05) is 5.32 Å². The van der Waals surface area contributed by atoms with E-state index < -0.39 is 5.91 Å². The largest absolute Gasteiger partial charge is 0.489 e. The van der Waals surface area contributed by atoms with Crippen LogP contribution in [0.2, 0.25) is 10.0 Å². The Labute approximate surface area is 200 Å². The number of hydrogen-bond donors (Lipinski definition) is 1. The van der Waals surface area contributed by atoms with Crippen molar-refractivity contribution in [3.63, 3.8) is 0 Å². The Morgan fingerprint density at radius 2 is 1.91 bits per heavy atom. The summed E-state index contributed by atoms with van der Waals surface area (Å²) in [6, 6.07) is 11.1. The van der Waals surface area contributed by atoms with E-state index in [2.05, 4.69) is 20.6 Å². The number of carbonyl (C=O) groups excluding carboxylic acids is 1. The first kappa shape index (κ1) is 22.8. The highest BCUT2D eigenvalue weighted by Crippen LogP contribution is 2.23. The molecule has 0 aliphatic heterocycles. The van der Waals surface area contributed by atoms with Crippen molar-refractivity contribution >= 4 is 35.1 Å². The molecular weight excluding hydrogens is 465 g/mol. The maximum absolute atomic E-state index is 12.8. The number of benzene rings is 2. The summed E-state index contributed by atoms with van der Waals surface area (Å²) in [5.74, 6) is 0.856. The number of aryl methyl sites for hydroxylation is 3. The van der Waals surface area contributed by atoms with Gasteiger partial charge in [0.05, 0.1) is 22.2 Å². The van der Waals surface area contributed by atoms with Crippen LogP contribution in [0.4, 0.5) is 5.95 Å². The maximum Gasteiger partial charge on any atom is 0.280 e. The lowest BCUT2D eigenvalue weighted by Crippen LogP contribution is -2.16. The predicted molar refractivity (Wildman–Crippen MR) is 125 cm³/mol. The summed E-state index contributed by atoms with van der Waals surface area (Å²) < 4.78 is 12.7. The number of halogens is 2. The Hall–Kier alpha value is -3.36. The number of hydrogen-bond acceptors (Lipinski definition) is 6. The quantitative estimate of drug-likeness (QED) is 0.377. The highest BCUT2D eigenvalue weighted by Gasteiger charge is 2.21. The van der Waals surface area contributed by atoms with Gasteiger partial charge < -0.3 is 9.26 Å². The van der Waals surface area contributed by atoms with Crippen LogP contribution < -0.4 is 10.1 Å². The smallest absolute Gasteiger partial charge is 0.280 e. The fraction of sp³-hybridized carbons (Fsp3) is 0.217. The zero-order chi connectivity index (χ0) is 23.5. The number of nitrogens with zero attached hydrogens (tertiary/aromatic N) is 4. The molecule has 0 saturated heterocycles. The van der Waals surface area contributed by atoms with Crippen molar-refractivity contribution in [2.45, 2.75) is 33.9 Å². The van der Waals surface area contributed by atoms with Gasteiger partial charge in [-0.15, -0.1) is 5.10 Å². The molecule has 33 heavy (non-hydrogen) atoms. The third-order valence-corrected chi connectivity index (χ3v) is 5.89. The average Bonchev–Trinajstić information content (AvgIpc) is 3.37. The van der Waals surface area contributed by atoms with Crippen LogP contribution >= 0.6 is 23.2 Å². The molecule has 0 aliphatic carbocycles. The van der Waals surface area contributed by atoms with Gasteiger partial charge in [0, 0.05) is 0 Å². The number of anilines is 1. The van der Waals surface area contributed by atoms with Crippen molar-refractivity contribution in [2.24, 2.45) is 0 Å². The van der Waals surface area contributed by atoms with E-state index in [9.17, 15) is 4.79 Å². The molecule has 0 spiro atoms. The van der Waals surface area contributed by atoms with Gasteiger partial charge in [-0.05, 0) is 61.7 Å². The number of amides is 1. The molecule has 1 N–H and O–H groups in total. The van der Waals surface area contributed by atoms with Gasteiger partial charge in [0.1, 0.15) is 24.4 Å². The van der Waals surface area contributed by atoms with Gasteiger partial charge in [-0.2, -0.15) is 0 Å². The molecule has 4 rings (SSSR count). The van der Waals surface area contributed by atoms with Gasteiger partial charge in [-0.25, -0.2) is 9.67 Å². The summed E-state index contributed by atoms with van der Waals surface area (Å²) >= 11 is 12.0. The van der Waals surface area contributed by atoms with Gasteiger partial charge >= 0.3 is 0 Å². The van der Waals surface area contributed by atoms with E-state index in [1.165, 1.54) is 11.9 Å². The van der Waals surface area contributed by atoms with Crippen LogP contribution in [0.5, 0.6) is 5.75 Å². The second kappa shape index (κ2) is 9.64. The molecule has 0 saturated carbocycles. The number of ether oxygens (including phenoxy) is 1. The summed E-state index contributed by atoms with van der Waals surface area (Å²) in [6.45, 7) is 6.33. The molecule has 8 nitrogen and oxygen atoms in total. The highest BCUT2D eigenvalue weighted by molar-refractivity contribution is 6.42. The number of aromatic nitrogens is 4. The summed E-state index contributed by atoms with van der Waals surface area (Å²) in [4.78, 5) is 16.9. The van der Waals surface area contributed by atoms with Crippen molar-refractivity contribution in [1.29, 1.82) is 0 Å². The summed E-state index contributed by atoms with van der Waals surface area (Å²) in [7, 11) is 0. The number of carbonyl (C=O) groups is 1. The second-order valence-corrected chi connectivity index (χ2v) is 8.38. The van der Waals surface area contributed by atoms with E-state index in [4.69, 9.17) is 32.5 Å². The van der Waals surface area contributed by atoms with Gasteiger partial charge in [0.15, 0.2) is 5.69 Å². The molecule has 2 aromatic carbocycles. The Morgan fingerprint density at radius 3 is 2.67 bits per heavy atom. The van der Waals surface area contributed by atoms with Crippen LogP contribution in [-0.4, -0.2) is 25.8 Å². The van der Waals surface area contributed by atoms with E-state index in [-0.39, 0.29) is 18.2 Å². The van der Waals surface area contributed by atoms with Crippen molar-refractivity contribution in [1.82, 2.24) is 19.9 Å². The molecule has 0 bridgehead atoms. The fourth-order valence-corrected chi connectivity index (χ4v) is 3.43. The molecule has 0 atom stereocenters. The molecule has 170 valence electrons. The lowest BCUT2D eigenvalue weighted by molar-refractivity contribution is 0.101. The van der Waals surface area contributed by atoms with Crippen LogP contribution in [0.25, 0.3) is 0 Å². The lowest BCUT2D eigenvalue weighted by atomic mass is 10.1. The van der Waals surface area contributed by atoms with E-state index in [0.29, 0.717) is 33.7 Å². The maximum atomic E-state index is 12.8. The van der Waals surface area contributed by atoms with Crippen LogP contribution in [0.3, 0.4) is 0 Å². The summed E-state index contributed by atoms with van der Waals surface area (Å²) in [5, 5.41) is 11.8. The second-order valence-electron chi connectivity index (χ2n) is 7.57. The van der Waals surface area contributed by atoms with Gasteiger partial charge in [-0.3, -0.25) is 10.1 Å². The Bertz CT molecular complexity index is 1320. The summed E-state index contributed by atoms with van der Waals surface area (Å²) in [6.07, 6.45) is 1.51. The first-order chi connectivity index (χ1) is 15.8. The standard InChI is InChI=1S/C23H21Cl2N5O3/c1-13-4-6-17(8-14(13)2)32-11-18-15(3)33-29-21(18)22(31)27-23-26-12-30(28-23)10-16-5-7-19(24)20(25)9-16/h4-9,12H,10-11H2,1-3H3,(H,27,28,31). The average molecular weight is 486 g/mol. The van der Waals surface area contributed by atoms with Crippen molar-refractivity contribution in [3.8, 4) is 5.75 Å². The fourth-order valence-electron chi connectivity index (χ4n) is 3.11. The molecule has 4 aromatic rings. The molecule has 1 amide bonds. The molecule has 2 aromatic heterocycles. The third kappa shape index (κ3) is 5.35. The van der Waals surface area contributed by atoms with Crippen LogP contribution in [-0.2, 0) is 13.2 Å². The Morgan fingerprint density at radius 1 is 1.09 bits per heavy atom. The minimum Gasteiger partial charge on any atom is -0.489 e. The zero-order valence-electron chi connectivity index (χ0n) is 18.2. The molecule has 0 radical (unpaired) electrons. The van der Waals surface area contributed by atoms with E-state index in [0.717, 1.165) is 11.1 Å². The van der Waals surface area contributed by atoms with Crippen LogP contribution in [0.1, 0.15) is 38.5 Å². The van der Waals surface area contributed by atoms with Gasteiger partial charge in [0.2, 0.25) is 5.95 Å². The Kier molecular flexibility index (Phi) is 6.67. The molecule has 0 aliphatic rings. The van der Waals surface area contributed by atoms with E-state index in [1.807, 2.05) is 38.1 Å². The first-order valence-electron chi connectivity index (χ1n) is 10.1. The van der Waals surface area contributed by atoms with Crippen molar-refractivity contribution in [3.05, 3.63) is 86.5 Å². The van der Waals surface area contributed by atoms with Crippen LogP contribution in [0.15, 0.2) is 47.2 Å². The number of rotatable bonds is 7. The first-order valence-corrected chi connectivity index (χ1v) is 10.9. The Balaban J connectivity index is 1.42. The van der Waals surface area contributed by atoms with Crippen LogP contribution in [0, 0.1) is 20.8 Å². The molecule has 0 unspecified atom stereocenters. The van der Waals surface area contributed by atoms with Crippen molar-refractivity contribution < 1.29 is 14.1 Å². The van der Waals surface area contributed by atoms with E-state index in [1.54, 1.807) is 23.7 Å². The minimum atomic E-state index is -0.488. The van der Waals surface area contributed by atoms with Gasteiger partial charge in [-0.1, -0.05) is 40.5 Å². The van der Waals surface area contributed by atoms with Gasteiger partial charge in [0.25, 0.3) is 5.91 Å². The predicted octanol–water partition coefficient (Wildman–Crippen LogP) is 5.38. The molecule has 2 heterocycles. The topological polar surface area (TPSA) is 95.1 Å². The molecular formula is C23H21Cl2N5O3. The SMILES string of the molecule is Cc1ccc(OCc2c(C(=O)Nc3ncn(Cc4ccc(Cl)c(Cl)c4)n3)noc2C)cc1C. The third-order valence-electron chi connectivity index (χ3n) is 5.15. The number of nitrogens with one attached hydrogen (secondary N) is 1. The zero-order valence-corrected chi connectivity index (χ0v) is 19.7. The monoisotopic (exact) mass is 485 g/mol. The van der Waals surface area contributed by atoms with E-state index >= 15 is 0 Å². The summed E-state index contributed by atoms with van der Waals surface area (Å²) in [5.41, 5.74) is 3.87. The lowest BCUT2D eigenvalue weighted by Gasteiger charge is -2.08. The molecule has 10 heteroatoms. The normalized spacial score (nSPS) is 10.9. The molecule has 0 fully saturated rings. The highest BCUT2D eigenvalue weighted by atomic mass is 35.5. The minimum absolute atomic E-state index is 0.122.